The van der Waals surface area contributed by atoms with Gasteiger partial charge < -0.3 is 9.74 Å². The van der Waals surface area contributed by atoms with Crippen LogP contribution in [-0.2, 0) is 9.63 Å². The van der Waals surface area contributed by atoms with Crippen molar-refractivity contribution in [1.29, 1.82) is 0 Å². The standard InChI is InChI=1S/C20H27ClN2O2/c1-6-16-18(17-13(2)11-15(21)12-14(17)3)19(24)22(4)20(16)7-9-23(25-5)10-8-20/h11-12H,6-10H2,1-5H3. The van der Waals surface area contributed by atoms with Gasteiger partial charge in [-0.15, -0.1) is 0 Å². The van der Waals surface area contributed by atoms with Gasteiger partial charge in [-0.1, -0.05) is 18.5 Å². The van der Waals surface area contributed by atoms with E-state index in [9.17, 15) is 4.79 Å². The molecule has 1 amide bonds. The van der Waals surface area contributed by atoms with Crippen molar-refractivity contribution in [2.75, 3.05) is 27.2 Å². The molecule has 0 aromatic heterocycles. The topological polar surface area (TPSA) is 32.8 Å². The Balaban J connectivity index is 2.15. The third-order valence-corrected chi connectivity index (χ3v) is 6.15. The average Bonchev–Trinajstić information content (AvgIpc) is 2.77. The van der Waals surface area contributed by atoms with Crippen molar-refractivity contribution in [3.05, 3.63) is 39.4 Å². The first-order chi connectivity index (χ1) is 11.9. The highest BCUT2D eigenvalue weighted by Crippen LogP contribution is 2.48. The van der Waals surface area contributed by atoms with Crippen LogP contribution in [0.4, 0.5) is 0 Å². The van der Waals surface area contributed by atoms with Gasteiger partial charge in [-0.25, -0.2) is 0 Å². The van der Waals surface area contributed by atoms with Crippen molar-refractivity contribution in [1.82, 2.24) is 9.96 Å². The molecule has 1 saturated heterocycles. The largest absolute Gasteiger partial charge is 0.332 e. The first kappa shape index (κ1) is 18.4. The summed E-state index contributed by atoms with van der Waals surface area (Å²) in [5.41, 5.74) is 5.17. The number of piperidine rings is 1. The first-order valence-electron chi connectivity index (χ1n) is 8.93. The maximum atomic E-state index is 13.3. The minimum Gasteiger partial charge on any atom is -0.332 e. The molecule has 0 saturated carbocycles. The Bertz CT molecular complexity index is 710. The lowest BCUT2D eigenvalue weighted by Gasteiger charge is -2.44. The molecule has 136 valence electrons. The van der Waals surface area contributed by atoms with Crippen LogP contribution in [-0.4, -0.2) is 48.7 Å². The zero-order chi connectivity index (χ0) is 18.4. The van der Waals surface area contributed by atoms with Gasteiger partial charge in [-0.3, -0.25) is 4.79 Å². The summed E-state index contributed by atoms with van der Waals surface area (Å²) in [7, 11) is 3.66. The molecule has 2 aliphatic heterocycles. The van der Waals surface area contributed by atoms with Crippen LogP contribution in [0.25, 0.3) is 5.57 Å². The van der Waals surface area contributed by atoms with Gasteiger partial charge in [0.25, 0.3) is 5.91 Å². The van der Waals surface area contributed by atoms with Gasteiger partial charge >= 0.3 is 0 Å². The molecule has 2 aliphatic rings. The second-order valence-corrected chi connectivity index (χ2v) is 7.57. The molecule has 0 N–H and O–H groups in total. The van der Waals surface area contributed by atoms with Crippen LogP contribution in [0.15, 0.2) is 17.7 Å². The van der Waals surface area contributed by atoms with Gasteiger partial charge in [-0.2, -0.15) is 5.06 Å². The van der Waals surface area contributed by atoms with Gasteiger partial charge in [0.2, 0.25) is 0 Å². The number of hydrogen-bond acceptors (Lipinski definition) is 3. The van der Waals surface area contributed by atoms with E-state index in [-0.39, 0.29) is 11.4 Å². The van der Waals surface area contributed by atoms with Gasteiger partial charge in [-0.05, 0) is 67.5 Å². The summed E-state index contributed by atoms with van der Waals surface area (Å²) in [6.45, 7) is 7.92. The van der Waals surface area contributed by atoms with Crippen LogP contribution >= 0.6 is 11.6 Å². The van der Waals surface area contributed by atoms with Gasteiger partial charge in [0, 0.05) is 30.7 Å². The minimum atomic E-state index is -0.186. The van der Waals surface area contributed by atoms with Crippen molar-refractivity contribution < 1.29 is 9.63 Å². The smallest absolute Gasteiger partial charge is 0.254 e. The summed E-state index contributed by atoms with van der Waals surface area (Å²) in [4.78, 5) is 20.6. The summed E-state index contributed by atoms with van der Waals surface area (Å²) in [5.74, 6) is 0.135. The molecule has 0 radical (unpaired) electrons. The van der Waals surface area contributed by atoms with Crippen LogP contribution in [0.3, 0.4) is 0 Å². The molecule has 4 nitrogen and oxygen atoms in total. The highest BCUT2D eigenvalue weighted by molar-refractivity contribution is 6.31. The average molecular weight is 363 g/mol. The molecule has 0 atom stereocenters. The molecular formula is C20H27ClN2O2. The minimum absolute atomic E-state index is 0.135. The number of likely N-dealkylation sites (N-methyl/N-ethyl adjacent to an activating group) is 1. The van der Waals surface area contributed by atoms with E-state index < -0.39 is 0 Å². The Kier molecular flexibility index (Phi) is 4.97. The van der Waals surface area contributed by atoms with Crippen molar-refractivity contribution in [2.45, 2.75) is 45.6 Å². The molecule has 5 heteroatoms. The highest BCUT2D eigenvalue weighted by atomic mass is 35.5. The lowest BCUT2D eigenvalue weighted by molar-refractivity contribution is -0.160. The maximum absolute atomic E-state index is 13.3. The van der Waals surface area contributed by atoms with E-state index in [1.165, 1.54) is 5.57 Å². The second-order valence-electron chi connectivity index (χ2n) is 7.13. The summed E-state index contributed by atoms with van der Waals surface area (Å²) >= 11 is 6.21. The number of aryl methyl sites for hydroxylation is 2. The number of hydroxylamine groups is 2. The van der Waals surface area contributed by atoms with Crippen molar-refractivity contribution in [3.63, 3.8) is 0 Å². The number of carbonyl (C=O) groups is 1. The summed E-state index contributed by atoms with van der Waals surface area (Å²) in [6.07, 6.45) is 2.68. The van der Waals surface area contributed by atoms with Gasteiger partial charge in [0.05, 0.1) is 12.6 Å². The molecule has 3 rings (SSSR count). The number of rotatable bonds is 3. The van der Waals surface area contributed by atoms with Gasteiger partial charge in [0.15, 0.2) is 0 Å². The molecule has 2 heterocycles. The number of halogens is 1. The molecule has 1 spiro atoms. The molecule has 1 fully saturated rings. The van der Waals surface area contributed by atoms with E-state index >= 15 is 0 Å². The van der Waals surface area contributed by atoms with E-state index in [4.69, 9.17) is 16.4 Å². The van der Waals surface area contributed by atoms with Crippen LogP contribution in [0.2, 0.25) is 5.02 Å². The van der Waals surface area contributed by atoms with Crippen LogP contribution in [0, 0.1) is 13.8 Å². The number of amides is 1. The fourth-order valence-electron chi connectivity index (χ4n) is 4.67. The predicted molar refractivity (Wildman–Crippen MR) is 101 cm³/mol. The summed E-state index contributed by atoms with van der Waals surface area (Å²) in [5, 5.41) is 2.70. The second kappa shape index (κ2) is 6.75. The molecule has 25 heavy (non-hydrogen) atoms. The monoisotopic (exact) mass is 362 g/mol. The number of carbonyl (C=O) groups excluding carboxylic acids is 1. The molecule has 0 aliphatic carbocycles. The first-order valence-corrected chi connectivity index (χ1v) is 9.31. The number of benzene rings is 1. The third kappa shape index (κ3) is 2.80. The zero-order valence-corrected chi connectivity index (χ0v) is 16.5. The molecule has 0 unspecified atom stereocenters. The predicted octanol–water partition coefficient (Wildman–Crippen LogP) is 3.99. The van der Waals surface area contributed by atoms with Crippen LogP contribution < -0.4 is 0 Å². The third-order valence-electron chi connectivity index (χ3n) is 5.93. The Hall–Kier alpha value is -1.36. The fraction of sp³-hybridized carbons (Fsp3) is 0.550. The van der Waals surface area contributed by atoms with E-state index in [0.717, 1.165) is 59.6 Å². The van der Waals surface area contributed by atoms with E-state index in [1.807, 2.05) is 43.0 Å². The normalized spacial score (nSPS) is 20.9. The molecular weight excluding hydrogens is 336 g/mol. The highest BCUT2D eigenvalue weighted by Gasteiger charge is 2.50. The SMILES string of the molecule is CCC1=C(c2c(C)cc(Cl)cc2C)C(=O)N(C)C12CCN(OC)CC2. The molecule has 1 aromatic carbocycles. The Morgan fingerprint density at radius 2 is 1.76 bits per heavy atom. The Labute approximate surface area is 155 Å². The summed E-state index contributed by atoms with van der Waals surface area (Å²) in [6, 6.07) is 3.91. The fourth-order valence-corrected chi connectivity index (χ4v) is 5.00. The van der Waals surface area contributed by atoms with Gasteiger partial charge in [0.1, 0.15) is 0 Å². The lowest BCUT2D eigenvalue weighted by Crippen LogP contribution is -2.53. The number of hydrogen-bond donors (Lipinski definition) is 0. The van der Waals surface area contributed by atoms with Crippen molar-refractivity contribution >= 4 is 23.1 Å². The molecule has 0 bridgehead atoms. The van der Waals surface area contributed by atoms with Crippen LogP contribution in [0.5, 0.6) is 0 Å². The van der Waals surface area contributed by atoms with Crippen molar-refractivity contribution in [2.24, 2.45) is 0 Å². The maximum Gasteiger partial charge on any atom is 0.254 e. The van der Waals surface area contributed by atoms with E-state index in [0.29, 0.717) is 0 Å². The quantitative estimate of drug-likeness (QED) is 0.815. The number of nitrogens with zero attached hydrogens (tertiary/aromatic N) is 2. The van der Waals surface area contributed by atoms with E-state index in [1.54, 1.807) is 7.11 Å². The lowest BCUT2D eigenvalue weighted by atomic mass is 9.78. The van der Waals surface area contributed by atoms with Crippen molar-refractivity contribution in [3.8, 4) is 0 Å². The van der Waals surface area contributed by atoms with Crippen LogP contribution in [0.1, 0.15) is 42.9 Å². The Morgan fingerprint density at radius 1 is 1.20 bits per heavy atom. The molecule has 1 aromatic rings. The Morgan fingerprint density at radius 3 is 2.24 bits per heavy atom. The zero-order valence-electron chi connectivity index (χ0n) is 15.8. The summed E-state index contributed by atoms with van der Waals surface area (Å²) < 4.78 is 0. The van der Waals surface area contributed by atoms with E-state index in [2.05, 4.69) is 6.92 Å².